The number of H-pyrrole nitrogens is 1. The molecule has 4 rings (SSSR count). The van der Waals surface area contributed by atoms with E-state index in [1.165, 1.54) is 11.8 Å². The van der Waals surface area contributed by atoms with Crippen LogP contribution >= 0.6 is 35.0 Å². The zero-order valence-corrected chi connectivity index (χ0v) is 18.4. The van der Waals surface area contributed by atoms with Gasteiger partial charge >= 0.3 is 0 Å². The predicted octanol–water partition coefficient (Wildman–Crippen LogP) is 6.08. The molecule has 3 aromatic carbocycles. The summed E-state index contributed by atoms with van der Waals surface area (Å²) < 4.78 is 0. The van der Waals surface area contributed by atoms with Crippen LogP contribution in [0.4, 0.5) is 5.69 Å². The lowest BCUT2D eigenvalue weighted by molar-refractivity contribution is -0.116. The van der Waals surface area contributed by atoms with E-state index in [2.05, 4.69) is 15.2 Å². The molecule has 30 heavy (non-hydrogen) atoms. The van der Waals surface area contributed by atoms with E-state index >= 15 is 0 Å². The molecule has 0 fully saturated rings. The fourth-order valence-electron chi connectivity index (χ4n) is 3.24. The molecule has 0 bridgehead atoms. The third kappa shape index (κ3) is 4.31. The van der Waals surface area contributed by atoms with E-state index in [0.717, 1.165) is 16.5 Å². The summed E-state index contributed by atoms with van der Waals surface area (Å²) in [4.78, 5) is 19.2. The smallest absolute Gasteiger partial charge is 0.237 e. The monoisotopic (exact) mass is 456 g/mol. The Morgan fingerprint density at radius 2 is 1.90 bits per heavy atom. The maximum Gasteiger partial charge on any atom is 0.237 e. The van der Waals surface area contributed by atoms with Gasteiger partial charge in [0.1, 0.15) is 0 Å². The molecule has 152 valence electrons. The van der Waals surface area contributed by atoms with Crippen molar-refractivity contribution in [2.45, 2.75) is 12.1 Å². The Labute approximate surface area is 188 Å². The zero-order chi connectivity index (χ0) is 21.1. The molecule has 0 saturated heterocycles. The fraction of sp³-hybridized carbons (Fsp3) is 0.136. The Kier molecular flexibility index (Phi) is 6.27. The number of rotatable bonds is 6. The Bertz CT molecular complexity index is 1210. The summed E-state index contributed by atoms with van der Waals surface area (Å²) in [5, 5.41) is 10.8. The quantitative estimate of drug-likeness (QED) is 0.357. The predicted molar refractivity (Wildman–Crippen MR) is 125 cm³/mol. The van der Waals surface area contributed by atoms with Crippen LogP contribution in [0.5, 0.6) is 0 Å². The molecule has 0 aliphatic carbocycles. The molecule has 4 aromatic rings. The Morgan fingerprint density at radius 1 is 1.10 bits per heavy atom. The summed E-state index contributed by atoms with van der Waals surface area (Å²) in [7, 11) is 0. The van der Waals surface area contributed by atoms with Crippen LogP contribution in [0.15, 0.2) is 65.8 Å². The third-order valence-corrected chi connectivity index (χ3v) is 6.03. The highest BCUT2D eigenvalue weighted by Gasteiger charge is 2.18. The fourth-order valence-corrected chi connectivity index (χ4v) is 4.41. The first-order chi connectivity index (χ1) is 14.6. The molecule has 0 radical (unpaired) electrons. The molecule has 0 unspecified atom stereocenters. The van der Waals surface area contributed by atoms with Crippen LogP contribution in [0.1, 0.15) is 6.92 Å². The van der Waals surface area contributed by atoms with Gasteiger partial charge in [-0.2, -0.15) is 0 Å². The standard InChI is InChI=1S/C22H18Cl2N4OS/c1-2-28(19-9-5-7-14-6-3-4-8-16(14)19)20(29)13-30-22-25-21(26-27-22)17-11-10-15(23)12-18(17)24/h3-12H,2,13H2,1H3,(H,25,26,27). The lowest BCUT2D eigenvalue weighted by Crippen LogP contribution is -2.32. The Hall–Kier alpha value is -2.54. The average molecular weight is 457 g/mol. The topological polar surface area (TPSA) is 61.9 Å². The van der Waals surface area contributed by atoms with Crippen molar-refractivity contribution < 1.29 is 4.79 Å². The summed E-state index contributed by atoms with van der Waals surface area (Å²) in [6.07, 6.45) is 0. The van der Waals surface area contributed by atoms with Crippen molar-refractivity contribution in [2.75, 3.05) is 17.2 Å². The van der Waals surface area contributed by atoms with Crippen LogP contribution in [0.25, 0.3) is 22.2 Å². The van der Waals surface area contributed by atoms with Crippen LogP contribution in [0.2, 0.25) is 10.0 Å². The second kappa shape index (κ2) is 9.08. The molecule has 0 saturated carbocycles. The molecule has 0 atom stereocenters. The van der Waals surface area contributed by atoms with E-state index in [1.54, 1.807) is 23.1 Å². The van der Waals surface area contributed by atoms with Gasteiger partial charge in [-0.05, 0) is 36.6 Å². The number of nitrogens with one attached hydrogen (secondary N) is 1. The zero-order valence-electron chi connectivity index (χ0n) is 16.1. The number of nitrogens with zero attached hydrogens (tertiary/aromatic N) is 3. The molecule has 1 amide bonds. The summed E-state index contributed by atoms with van der Waals surface area (Å²) >= 11 is 13.5. The Morgan fingerprint density at radius 3 is 2.70 bits per heavy atom. The van der Waals surface area contributed by atoms with Crippen molar-refractivity contribution in [1.29, 1.82) is 0 Å². The normalized spacial score (nSPS) is 11.0. The van der Waals surface area contributed by atoms with E-state index < -0.39 is 0 Å². The number of carbonyl (C=O) groups excluding carboxylic acids is 1. The van der Waals surface area contributed by atoms with Crippen molar-refractivity contribution in [3.8, 4) is 11.4 Å². The molecule has 1 N–H and O–H groups in total. The van der Waals surface area contributed by atoms with Gasteiger partial charge < -0.3 is 4.90 Å². The molecule has 0 aliphatic heterocycles. The van der Waals surface area contributed by atoms with E-state index in [1.807, 2.05) is 49.4 Å². The van der Waals surface area contributed by atoms with Crippen molar-refractivity contribution in [2.24, 2.45) is 0 Å². The third-order valence-electron chi connectivity index (χ3n) is 4.65. The minimum atomic E-state index is -0.00488. The SMILES string of the molecule is CCN(C(=O)CSc1n[nH]c(-c2ccc(Cl)cc2Cl)n1)c1cccc2ccccc12. The van der Waals surface area contributed by atoms with Gasteiger partial charge in [0.2, 0.25) is 11.1 Å². The number of anilines is 1. The van der Waals surface area contributed by atoms with Gasteiger partial charge in [-0.3, -0.25) is 9.89 Å². The molecule has 8 heteroatoms. The number of carbonyl (C=O) groups is 1. The molecule has 0 aliphatic rings. The number of halogens is 2. The van der Waals surface area contributed by atoms with Crippen molar-refractivity contribution in [3.63, 3.8) is 0 Å². The number of benzene rings is 3. The van der Waals surface area contributed by atoms with Crippen LogP contribution in [-0.2, 0) is 4.79 Å². The highest BCUT2D eigenvalue weighted by Crippen LogP contribution is 2.30. The number of hydrogen-bond donors (Lipinski definition) is 1. The van der Waals surface area contributed by atoms with E-state index in [4.69, 9.17) is 23.2 Å². The number of amides is 1. The van der Waals surface area contributed by atoms with Gasteiger partial charge in [0.05, 0.1) is 16.5 Å². The number of aromatic amines is 1. The molecule has 1 aromatic heterocycles. The van der Waals surface area contributed by atoms with Gasteiger partial charge in [-0.15, -0.1) is 5.10 Å². The second-order valence-corrected chi connectivity index (χ2v) is 8.30. The number of fused-ring (bicyclic) bond motifs is 1. The first kappa shape index (κ1) is 20.7. The number of thioether (sulfide) groups is 1. The largest absolute Gasteiger partial charge is 0.311 e. The maximum atomic E-state index is 13.0. The summed E-state index contributed by atoms with van der Waals surface area (Å²) in [5.74, 6) is 0.755. The average Bonchev–Trinajstić information content (AvgIpc) is 3.21. The van der Waals surface area contributed by atoms with Gasteiger partial charge in [-0.1, -0.05) is 71.4 Å². The van der Waals surface area contributed by atoms with E-state index in [-0.39, 0.29) is 11.7 Å². The minimum absolute atomic E-state index is 0.00488. The van der Waals surface area contributed by atoms with Gasteiger partial charge in [0, 0.05) is 22.5 Å². The molecular weight excluding hydrogens is 439 g/mol. The second-order valence-electron chi connectivity index (χ2n) is 6.52. The van der Waals surface area contributed by atoms with Crippen molar-refractivity contribution in [1.82, 2.24) is 15.2 Å². The minimum Gasteiger partial charge on any atom is -0.311 e. The molecule has 5 nitrogen and oxygen atoms in total. The highest BCUT2D eigenvalue weighted by molar-refractivity contribution is 7.99. The van der Waals surface area contributed by atoms with Crippen LogP contribution < -0.4 is 4.90 Å². The van der Waals surface area contributed by atoms with E-state index in [0.29, 0.717) is 33.1 Å². The lowest BCUT2D eigenvalue weighted by atomic mass is 10.1. The number of hydrogen-bond acceptors (Lipinski definition) is 4. The van der Waals surface area contributed by atoms with Crippen LogP contribution in [0, 0.1) is 0 Å². The Balaban J connectivity index is 1.49. The number of aromatic nitrogens is 3. The van der Waals surface area contributed by atoms with Gasteiger partial charge in [0.15, 0.2) is 5.82 Å². The first-order valence-electron chi connectivity index (χ1n) is 9.35. The molecule has 1 heterocycles. The first-order valence-corrected chi connectivity index (χ1v) is 11.1. The van der Waals surface area contributed by atoms with Crippen LogP contribution in [0.3, 0.4) is 0 Å². The van der Waals surface area contributed by atoms with Gasteiger partial charge in [0.25, 0.3) is 0 Å². The van der Waals surface area contributed by atoms with Crippen LogP contribution in [-0.4, -0.2) is 33.4 Å². The van der Waals surface area contributed by atoms with Gasteiger partial charge in [-0.25, -0.2) is 4.98 Å². The van der Waals surface area contributed by atoms with Crippen molar-refractivity contribution >= 4 is 57.3 Å². The summed E-state index contributed by atoms with van der Waals surface area (Å²) in [6, 6.07) is 19.2. The van der Waals surface area contributed by atoms with Crippen molar-refractivity contribution in [3.05, 3.63) is 70.7 Å². The molecule has 0 spiro atoms. The maximum absolute atomic E-state index is 13.0. The molecular formula is C22H18Cl2N4OS. The highest BCUT2D eigenvalue weighted by atomic mass is 35.5. The summed E-state index contributed by atoms with van der Waals surface area (Å²) in [5.41, 5.74) is 1.61. The van der Waals surface area contributed by atoms with E-state index in [9.17, 15) is 4.79 Å². The summed E-state index contributed by atoms with van der Waals surface area (Å²) in [6.45, 7) is 2.55. The lowest BCUT2D eigenvalue weighted by Gasteiger charge is -2.22.